The Morgan fingerprint density at radius 1 is 0.524 bits per heavy atom. The van der Waals surface area contributed by atoms with Crippen LogP contribution < -0.4 is 5.32 Å². The average Bonchev–Trinajstić information content (AvgIpc) is 2.50. The first kappa shape index (κ1) is 20.4. The van der Waals surface area contributed by atoms with Crippen LogP contribution in [0.3, 0.4) is 0 Å². The number of nitrogens with one attached hydrogen (secondary N) is 1. The Morgan fingerprint density at radius 3 is 1.38 bits per heavy atom. The molecule has 1 nitrogen and oxygen atoms in total. The Morgan fingerprint density at radius 2 is 0.952 bits per heavy atom. The molecule has 124 valence electrons. The molecule has 0 bridgehead atoms. The van der Waals surface area contributed by atoms with Crippen molar-refractivity contribution < 1.29 is 0 Å². The molecule has 0 radical (unpaired) electrons. The number of hydrogen-bond donors (Lipinski definition) is 1. The third kappa shape index (κ3) is 19.4. The molecule has 0 saturated heterocycles. The van der Waals surface area contributed by atoms with Crippen molar-refractivity contribution in [1.29, 1.82) is 0 Å². The Hall–Kier alpha value is -0.560. The van der Waals surface area contributed by atoms with Crippen LogP contribution in [0.4, 0.5) is 0 Å². The lowest BCUT2D eigenvalue weighted by Gasteiger charge is -2.04. The van der Waals surface area contributed by atoms with Gasteiger partial charge >= 0.3 is 0 Å². The molecule has 0 aromatic carbocycles. The minimum absolute atomic E-state index is 1.20. The molecule has 0 heterocycles. The predicted octanol–water partition coefficient (Wildman–Crippen LogP) is 6.41. The Labute approximate surface area is 134 Å². The van der Waals surface area contributed by atoms with Gasteiger partial charge in [-0.15, -0.1) is 0 Å². The minimum atomic E-state index is 1.20. The van der Waals surface area contributed by atoms with E-state index in [1.54, 1.807) is 0 Å². The fraction of sp³-hybridized carbons (Fsp3) is 0.800. The normalized spacial score (nSPS) is 11.9. The molecular formula is C20H39N. The van der Waals surface area contributed by atoms with Crippen LogP contribution in [0.25, 0.3) is 0 Å². The minimum Gasteiger partial charge on any atom is -0.317 e. The van der Waals surface area contributed by atoms with Gasteiger partial charge in [-0.2, -0.15) is 0 Å². The van der Waals surface area contributed by atoms with E-state index in [4.69, 9.17) is 0 Å². The first-order valence-electron chi connectivity index (χ1n) is 9.42. The maximum absolute atomic E-state index is 3.57. The standard InChI is InChI=1S/C20H39N/c1-3-5-7-9-11-13-15-17-19-21-20-18-16-14-12-10-8-6-4-2/h7-10,21H,3-6,11-20H2,1-2H3/b9-7+,10-8+. The van der Waals surface area contributed by atoms with E-state index < -0.39 is 0 Å². The van der Waals surface area contributed by atoms with Crippen molar-refractivity contribution in [1.82, 2.24) is 5.32 Å². The molecule has 0 atom stereocenters. The molecule has 0 amide bonds. The van der Waals surface area contributed by atoms with E-state index in [-0.39, 0.29) is 0 Å². The molecule has 21 heavy (non-hydrogen) atoms. The number of rotatable bonds is 16. The summed E-state index contributed by atoms with van der Waals surface area (Å²) in [7, 11) is 0. The fourth-order valence-electron chi connectivity index (χ4n) is 2.31. The summed E-state index contributed by atoms with van der Waals surface area (Å²) >= 11 is 0. The smallest absolute Gasteiger partial charge is 0.00489 e. The van der Waals surface area contributed by atoms with Gasteiger partial charge in [0.05, 0.1) is 0 Å². The summed E-state index contributed by atoms with van der Waals surface area (Å²) in [5.41, 5.74) is 0. The summed E-state index contributed by atoms with van der Waals surface area (Å²) in [6.07, 6.45) is 25.1. The zero-order valence-corrected chi connectivity index (χ0v) is 14.7. The van der Waals surface area contributed by atoms with Gasteiger partial charge in [-0.1, -0.05) is 63.8 Å². The number of unbranched alkanes of at least 4 members (excludes halogenated alkanes) is 8. The third-order valence-electron chi connectivity index (χ3n) is 3.69. The molecule has 0 aromatic rings. The van der Waals surface area contributed by atoms with Crippen molar-refractivity contribution in [3.63, 3.8) is 0 Å². The molecule has 1 N–H and O–H groups in total. The van der Waals surface area contributed by atoms with E-state index in [1.165, 1.54) is 90.1 Å². The molecule has 0 unspecified atom stereocenters. The Balaban J connectivity index is 3.02. The first-order chi connectivity index (χ1) is 10.4. The van der Waals surface area contributed by atoms with E-state index in [2.05, 4.69) is 43.5 Å². The van der Waals surface area contributed by atoms with Gasteiger partial charge in [0, 0.05) is 0 Å². The molecule has 0 saturated carbocycles. The quantitative estimate of drug-likeness (QED) is 0.256. The van der Waals surface area contributed by atoms with Gasteiger partial charge in [0.25, 0.3) is 0 Å². The van der Waals surface area contributed by atoms with Gasteiger partial charge in [-0.05, 0) is 64.5 Å². The maximum atomic E-state index is 3.57. The van der Waals surface area contributed by atoms with Crippen molar-refractivity contribution in [3.8, 4) is 0 Å². The molecule has 1 heteroatoms. The van der Waals surface area contributed by atoms with Crippen LogP contribution in [0.15, 0.2) is 24.3 Å². The third-order valence-corrected chi connectivity index (χ3v) is 3.69. The lowest BCUT2D eigenvalue weighted by molar-refractivity contribution is 0.571. The van der Waals surface area contributed by atoms with Gasteiger partial charge in [0.2, 0.25) is 0 Å². The highest BCUT2D eigenvalue weighted by Gasteiger charge is 1.90. The fourth-order valence-corrected chi connectivity index (χ4v) is 2.31. The van der Waals surface area contributed by atoms with E-state index >= 15 is 0 Å². The van der Waals surface area contributed by atoms with E-state index in [0.717, 1.165) is 0 Å². The molecule has 0 spiro atoms. The van der Waals surface area contributed by atoms with Gasteiger partial charge in [-0.3, -0.25) is 0 Å². The summed E-state index contributed by atoms with van der Waals surface area (Å²) < 4.78 is 0. The van der Waals surface area contributed by atoms with Gasteiger partial charge in [-0.25, -0.2) is 0 Å². The van der Waals surface area contributed by atoms with E-state index in [0.29, 0.717) is 0 Å². The second-order valence-corrected chi connectivity index (χ2v) is 5.97. The first-order valence-corrected chi connectivity index (χ1v) is 9.42. The molecule has 0 aliphatic rings. The zero-order chi connectivity index (χ0) is 15.4. The second-order valence-electron chi connectivity index (χ2n) is 5.97. The molecular weight excluding hydrogens is 254 g/mol. The predicted molar refractivity (Wildman–Crippen MR) is 97.9 cm³/mol. The SMILES string of the molecule is CCC/C=C/CCCCCNCCCCC/C=C/CCC. The average molecular weight is 294 g/mol. The summed E-state index contributed by atoms with van der Waals surface area (Å²) in [4.78, 5) is 0. The largest absolute Gasteiger partial charge is 0.317 e. The lowest BCUT2D eigenvalue weighted by Crippen LogP contribution is -2.16. The van der Waals surface area contributed by atoms with Crippen LogP contribution in [-0.2, 0) is 0 Å². The maximum Gasteiger partial charge on any atom is -0.00489 e. The van der Waals surface area contributed by atoms with E-state index in [9.17, 15) is 0 Å². The van der Waals surface area contributed by atoms with E-state index in [1.807, 2.05) is 0 Å². The molecule has 0 aliphatic heterocycles. The van der Waals surface area contributed by atoms with Gasteiger partial charge in [0.1, 0.15) is 0 Å². The molecule has 0 aromatic heterocycles. The Bertz CT molecular complexity index is 206. The summed E-state index contributed by atoms with van der Waals surface area (Å²) in [5, 5.41) is 3.57. The number of allylic oxidation sites excluding steroid dienone is 4. The number of hydrogen-bond acceptors (Lipinski definition) is 1. The summed E-state index contributed by atoms with van der Waals surface area (Å²) in [5.74, 6) is 0. The van der Waals surface area contributed by atoms with Crippen molar-refractivity contribution in [2.24, 2.45) is 0 Å². The highest BCUT2D eigenvalue weighted by atomic mass is 14.8. The highest BCUT2D eigenvalue weighted by molar-refractivity contribution is 4.81. The lowest BCUT2D eigenvalue weighted by atomic mass is 10.1. The van der Waals surface area contributed by atoms with Crippen molar-refractivity contribution in [3.05, 3.63) is 24.3 Å². The van der Waals surface area contributed by atoms with Crippen LogP contribution in [0.1, 0.15) is 90.9 Å². The van der Waals surface area contributed by atoms with Crippen molar-refractivity contribution in [2.75, 3.05) is 13.1 Å². The van der Waals surface area contributed by atoms with Gasteiger partial charge in [0.15, 0.2) is 0 Å². The Kier molecular flexibility index (Phi) is 18.9. The molecule has 0 rings (SSSR count). The monoisotopic (exact) mass is 293 g/mol. The zero-order valence-electron chi connectivity index (χ0n) is 14.7. The summed E-state index contributed by atoms with van der Waals surface area (Å²) in [6, 6.07) is 0. The second kappa shape index (κ2) is 19.4. The highest BCUT2D eigenvalue weighted by Crippen LogP contribution is 2.03. The molecule has 0 fully saturated rings. The van der Waals surface area contributed by atoms with Crippen LogP contribution in [0, 0.1) is 0 Å². The van der Waals surface area contributed by atoms with Crippen LogP contribution in [-0.4, -0.2) is 13.1 Å². The van der Waals surface area contributed by atoms with Crippen LogP contribution >= 0.6 is 0 Å². The van der Waals surface area contributed by atoms with Crippen molar-refractivity contribution in [2.45, 2.75) is 90.9 Å². The van der Waals surface area contributed by atoms with Crippen LogP contribution in [0.5, 0.6) is 0 Å². The van der Waals surface area contributed by atoms with Crippen LogP contribution in [0.2, 0.25) is 0 Å². The summed E-state index contributed by atoms with van der Waals surface area (Å²) in [6.45, 7) is 6.88. The van der Waals surface area contributed by atoms with Gasteiger partial charge < -0.3 is 5.32 Å². The molecule has 0 aliphatic carbocycles. The topological polar surface area (TPSA) is 12.0 Å². The van der Waals surface area contributed by atoms with Crippen molar-refractivity contribution >= 4 is 0 Å².